The van der Waals surface area contributed by atoms with Crippen LogP contribution < -0.4 is 4.74 Å². The van der Waals surface area contributed by atoms with Crippen LogP contribution >= 0.6 is 11.8 Å². The van der Waals surface area contributed by atoms with Gasteiger partial charge in [0.05, 0.1) is 0 Å². The third-order valence-corrected chi connectivity index (χ3v) is 3.32. The van der Waals surface area contributed by atoms with E-state index in [-0.39, 0.29) is 5.75 Å². The van der Waals surface area contributed by atoms with Crippen LogP contribution in [0.4, 0.5) is 13.2 Å². The second kappa shape index (κ2) is 6.00. The minimum atomic E-state index is -4.68. The molecule has 0 unspecified atom stereocenters. The maximum Gasteiger partial charge on any atom is 0.573 e. The molecule has 0 aliphatic heterocycles. The lowest BCUT2D eigenvalue weighted by Gasteiger charge is -2.09. The molecule has 2 rings (SSSR count). The van der Waals surface area contributed by atoms with Crippen molar-refractivity contribution in [2.75, 3.05) is 0 Å². The van der Waals surface area contributed by atoms with E-state index in [0.717, 1.165) is 16.1 Å². The van der Waals surface area contributed by atoms with Crippen LogP contribution in [0.1, 0.15) is 10.4 Å². The predicted octanol–water partition coefficient (Wildman–Crippen LogP) is 4.55. The number of benzene rings is 2. The van der Waals surface area contributed by atoms with Gasteiger partial charge in [0.15, 0.2) is 0 Å². The Morgan fingerprint density at radius 1 is 0.900 bits per heavy atom. The zero-order valence-corrected chi connectivity index (χ0v) is 10.9. The molecule has 0 amide bonds. The molecule has 0 heterocycles. The van der Waals surface area contributed by atoms with Gasteiger partial charge in [-0.05, 0) is 36.4 Å². The van der Waals surface area contributed by atoms with Crippen LogP contribution in [-0.4, -0.2) is 12.6 Å². The molecule has 0 saturated carbocycles. The maximum absolute atomic E-state index is 12.0. The van der Waals surface area contributed by atoms with Crippen LogP contribution in [0, 0.1) is 0 Å². The number of hydrogen-bond acceptors (Lipinski definition) is 3. The van der Waals surface area contributed by atoms with Crippen molar-refractivity contribution < 1.29 is 22.7 Å². The number of carbonyl (C=O) groups is 1. The number of aldehydes is 1. The Balaban J connectivity index is 2.04. The summed E-state index contributed by atoms with van der Waals surface area (Å²) in [5, 5.41) is 0. The minimum absolute atomic E-state index is 0.252. The highest BCUT2D eigenvalue weighted by Crippen LogP contribution is 2.30. The van der Waals surface area contributed by atoms with Crippen molar-refractivity contribution in [1.29, 1.82) is 0 Å². The lowest BCUT2D eigenvalue weighted by molar-refractivity contribution is -0.274. The lowest BCUT2D eigenvalue weighted by Crippen LogP contribution is -2.16. The summed E-state index contributed by atoms with van der Waals surface area (Å²) in [5.74, 6) is -0.252. The van der Waals surface area contributed by atoms with Crippen LogP contribution in [-0.2, 0) is 0 Å². The third kappa shape index (κ3) is 4.31. The van der Waals surface area contributed by atoms with E-state index in [9.17, 15) is 18.0 Å². The van der Waals surface area contributed by atoms with Gasteiger partial charge in [-0.3, -0.25) is 4.79 Å². The number of rotatable bonds is 4. The number of ether oxygens (including phenoxy) is 1. The first-order valence-electron chi connectivity index (χ1n) is 5.55. The predicted molar refractivity (Wildman–Crippen MR) is 69.1 cm³/mol. The molecule has 104 valence electrons. The van der Waals surface area contributed by atoms with Gasteiger partial charge in [-0.1, -0.05) is 23.9 Å². The van der Waals surface area contributed by atoms with E-state index in [0.29, 0.717) is 5.56 Å². The molecule has 20 heavy (non-hydrogen) atoms. The minimum Gasteiger partial charge on any atom is -0.406 e. The van der Waals surface area contributed by atoms with Crippen LogP contribution in [0.2, 0.25) is 0 Å². The van der Waals surface area contributed by atoms with Gasteiger partial charge in [0.1, 0.15) is 12.0 Å². The van der Waals surface area contributed by atoms with E-state index in [4.69, 9.17) is 0 Å². The SMILES string of the molecule is O=Cc1ccc(Sc2ccc(OC(F)(F)F)cc2)cc1. The second-order valence-corrected chi connectivity index (χ2v) is 4.96. The molecule has 0 fully saturated rings. The fraction of sp³-hybridized carbons (Fsp3) is 0.0714. The topological polar surface area (TPSA) is 26.3 Å². The van der Waals surface area contributed by atoms with Gasteiger partial charge in [0, 0.05) is 15.4 Å². The number of carbonyl (C=O) groups excluding carboxylic acids is 1. The molecule has 2 nitrogen and oxygen atoms in total. The largest absolute Gasteiger partial charge is 0.573 e. The lowest BCUT2D eigenvalue weighted by atomic mass is 10.2. The van der Waals surface area contributed by atoms with Crippen molar-refractivity contribution in [2.24, 2.45) is 0 Å². The van der Waals surface area contributed by atoms with E-state index < -0.39 is 6.36 Å². The van der Waals surface area contributed by atoms with Crippen LogP contribution in [0.5, 0.6) is 5.75 Å². The molecule has 0 saturated heterocycles. The van der Waals surface area contributed by atoms with E-state index in [2.05, 4.69) is 4.74 Å². The fourth-order valence-electron chi connectivity index (χ4n) is 1.46. The molecule has 2 aromatic rings. The smallest absolute Gasteiger partial charge is 0.406 e. The van der Waals surface area contributed by atoms with Crippen LogP contribution in [0.15, 0.2) is 58.3 Å². The summed E-state index contributed by atoms with van der Waals surface area (Å²) < 4.78 is 39.8. The maximum atomic E-state index is 12.0. The highest BCUT2D eigenvalue weighted by atomic mass is 32.2. The molecule has 6 heteroatoms. The fourth-order valence-corrected chi connectivity index (χ4v) is 2.28. The monoisotopic (exact) mass is 298 g/mol. The first kappa shape index (κ1) is 14.5. The molecule has 0 spiro atoms. The summed E-state index contributed by atoms with van der Waals surface area (Å²) in [6.07, 6.45) is -3.93. The van der Waals surface area contributed by atoms with Gasteiger partial charge >= 0.3 is 6.36 Å². The quantitative estimate of drug-likeness (QED) is 0.775. The van der Waals surface area contributed by atoms with Gasteiger partial charge in [0.25, 0.3) is 0 Å². The van der Waals surface area contributed by atoms with Gasteiger partial charge in [-0.2, -0.15) is 0 Å². The molecule has 0 radical (unpaired) electrons. The zero-order chi connectivity index (χ0) is 14.6. The Kier molecular flexibility index (Phi) is 4.34. The first-order valence-corrected chi connectivity index (χ1v) is 6.37. The second-order valence-electron chi connectivity index (χ2n) is 3.81. The zero-order valence-electron chi connectivity index (χ0n) is 10.1. The Morgan fingerprint density at radius 2 is 1.40 bits per heavy atom. The van der Waals surface area contributed by atoms with Crippen molar-refractivity contribution >= 4 is 18.0 Å². The van der Waals surface area contributed by atoms with E-state index >= 15 is 0 Å². The summed E-state index contributed by atoms with van der Waals surface area (Å²) in [7, 11) is 0. The number of hydrogen-bond donors (Lipinski definition) is 0. The average molecular weight is 298 g/mol. The highest BCUT2D eigenvalue weighted by molar-refractivity contribution is 7.99. The number of alkyl halides is 3. The molecular weight excluding hydrogens is 289 g/mol. The van der Waals surface area contributed by atoms with Gasteiger partial charge < -0.3 is 4.74 Å². The van der Waals surface area contributed by atoms with E-state index in [1.54, 1.807) is 36.4 Å². The van der Waals surface area contributed by atoms with Gasteiger partial charge in [-0.15, -0.1) is 13.2 Å². The van der Waals surface area contributed by atoms with Crippen molar-refractivity contribution in [1.82, 2.24) is 0 Å². The molecule has 0 aliphatic rings. The van der Waals surface area contributed by atoms with E-state index in [1.165, 1.54) is 23.9 Å². The normalized spacial score (nSPS) is 11.2. The third-order valence-electron chi connectivity index (χ3n) is 2.31. The Labute approximate surface area is 117 Å². The molecular formula is C14H9F3O2S. The molecule has 0 aromatic heterocycles. The highest BCUT2D eigenvalue weighted by Gasteiger charge is 2.30. The van der Waals surface area contributed by atoms with Crippen molar-refractivity contribution in [3.05, 3.63) is 54.1 Å². The Hall–Kier alpha value is -1.95. The molecule has 2 aromatic carbocycles. The molecule has 0 N–H and O–H groups in total. The Morgan fingerprint density at radius 3 is 1.85 bits per heavy atom. The van der Waals surface area contributed by atoms with Crippen LogP contribution in [0.25, 0.3) is 0 Å². The van der Waals surface area contributed by atoms with Crippen molar-refractivity contribution in [2.45, 2.75) is 16.2 Å². The summed E-state index contributed by atoms with van der Waals surface area (Å²) in [5.41, 5.74) is 0.572. The summed E-state index contributed by atoms with van der Waals surface area (Å²) >= 11 is 1.38. The summed E-state index contributed by atoms with van der Waals surface area (Å²) in [4.78, 5) is 12.2. The van der Waals surface area contributed by atoms with E-state index in [1.807, 2.05) is 0 Å². The van der Waals surface area contributed by atoms with Gasteiger partial charge in [-0.25, -0.2) is 0 Å². The molecule has 0 aliphatic carbocycles. The molecule has 0 bridgehead atoms. The molecule has 0 atom stereocenters. The van der Waals surface area contributed by atoms with Gasteiger partial charge in [0.2, 0.25) is 0 Å². The van der Waals surface area contributed by atoms with Crippen LogP contribution in [0.3, 0.4) is 0 Å². The van der Waals surface area contributed by atoms with Crippen molar-refractivity contribution in [3.8, 4) is 5.75 Å². The average Bonchev–Trinajstić information content (AvgIpc) is 2.40. The first-order chi connectivity index (χ1) is 9.46. The summed E-state index contributed by atoms with van der Waals surface area (Å²) in [6, 6.07) is 12.5. The summed E-state index contributed by atoms with van der Waals surface area (Å²) in [6.45, 7) is 0. The van der Waals surface area contributed by atoms with Crippen molar-refractivity contribution in [3.63, 3.8) is 0 Å². The number of halogens is 3. The standard InChI is InChI=1S/C14H9F3O2S/c15-14(16,17)19-11-3-7-13(8-4-11)20-12-5-1-10(9-18)2-6-12/h1-9H. The Bertz CT molecular complexity index is 577.